The van der Waals surface area contributed by atoms with Crippen LogP contribution in [0.4, 0.5) is 0 Å². The molecule has 1 amide bonds. The zero-order chi connectivity index (χ0) is 17.3. The average Bonchev–Trinajstić information content (AvgIpc) is 3.04. The van der Waals surface area contributed by atoms with E-state index in [4.69, 9.17) is 4.74 Å². The van der Waals surface area contributed by atoms with Crippen molar-refractivity contribution in [3.8, 4) is 5.75 Å². The van der Waals surface area contributed by atoms with Crippen molar-refractivity contribution in [2.24, 2.45) is 0 Å². The third kappa shape index (κ3) is 3.07. The van der Waals surface area contributed by atoms with Crippen LogP contribution in [-0.2, 0) is 11.3 Å². The molecule has 2 atom stereocenters. The number of hydrogen-bond donors (Lipinski definition) is 0. The molecule has 2 heterocycles. The Labute approximate surface area is 141 Å². The topological polar surface area (TPSA) is 51.5 Å². The highest BCUT2D eigenvalue weighted by Crippen LogP contribution is 2.26. The van der Waals surface area contributed by atoms with Gasteiger partial charge < -0.3 is 14.2 Å². The highest BCUT2D eigenvalue weighted by Gasteiger charge is 2.31. The summed E-state index contributed by atoms with van der Waals surface area (Å²) in [5, 5.41) is 0. The second kappa shape index (κ2) is 6.51. The van der Waals surface area contributed by atoms with E-state index >= 15 is 0 Å². The molecular weight excluding hydrogens is 304 g/mol. The summed E-state index contributed by atoms with van der Waals surface area (Å²) in [4.78, 5) is 26.1. The van der Waals surface area contributed by atoms with Gasteiger partial charge in [0, 0.05) is 30.5 Å². The van der Waals surface area contributed by atoms with Gasteiger partial charge in [-0.05, 0) is 45.0 Å². The van der Waals surface area contributed by atoms with Crippen molar-refractivity contribution in [2.45, 2.75) is 39.5 Å². The summed E-state index contributed by atoms with van der Waals surface area (Å²) >= 11 is 0. The third-order valence-corrected chi connectivity index (χ3v) is 4.53. The Balaban J connectivity index is 1.71. The van der Waals surface area contributed by atoms with E-state index in [1.165, 1.54) is 6.92 Å². The van der Waals surface area contributed by atoms with Gasteiger partial charge in [-0.3, -0.25) is 9.59 Å². The van der Waals surface area contributed by atoms with E-state index in [1.54, 1.807) is 31.2 Å². The van der Waals surface area contributed by atoms with E-state index in [0.29, 0.717) is 17.9 Å². The number of ether oxygens (including phenoxy) is 1. The summed E-state index contributed by atoms with van der Waals surface area (Å²) in [5.41, 5.74) is 1.72. The highest BCUT2D eigenvalue weighted by atomic mass is 16.5. The summed E-state index contributed by atoms with van der Waals surface area (Å²) in [6, 6.07) is 11.0. The number of benzene rings is 1. The van der Waals surface area contributed by atoms with E-state index in [9.17, 15) is 9.59 Å². The van der Waals surface area contributed by atoms with Crippen LogP contribution in [0.3, 0.4) is 0 Å². The number of amides is 1. The van der Waals surface area contributed by atoms with Gasteiger partial charge in [-0.1, -0.05) is 12.1 Å². The lowest BCUT2D eigenvalue weighted by molar-refractivity contribution is -0.141. The molecule has 0 unspecified atom stereocenters. The lowest BCUT2D eigenvalue weighted by Crippen LogP contribution is -2.46. The van der Waals surface area contributed by atoms with Crippen LogP contribution >= 0.6 is 0 Å². The normalized spacial score (nSPS) is 18.0. The summed E-state index contributed by atoms with van der Waals surface area (Å²) in [6.45, 7) is 6.77. The Bertz CT molecular complexity index is 765. The molecule has 1 aliphatic rings. The number of carbonyl (C=O) groups is 2. The molecule has 3 rings (SSSR count). The second-order valence-electron chi connectivity index (χ2n) is 6.18. The van der Waals surface area contributed by atoms with Gasteiger partial charge in [-0.15, -0.1) is 0 Å². The smallest absolute Gasteiger partial charge is 0.263 e. The minimum atomic E-state index is -0.601. The van der Waals surface area contributed by atoms with E-state index in [-0.39, 0.29) is 17.7 Å². The maximum atomic E-state index is 12.8. The largest absolute Gasteiger partial charge is 0.481 e. The quantitative estimate of drug-likeness (QED) is 0.812. The number of Topliss-reactive ketones (excluding diaryl/α,β-unsaturated/α-hetero) is 1. The Hall–Kier alpha value is -2.56. The zero-order valence-corrected chi connectivity index (χ0v) is 14.2. The standard InChI is InChI=1S/C19H22N2O3/c1-13-18-8-5-9-20(18)10-11-21(13)19(23)15(3)24-17-7-4-6-16(12-17)14(2)22/h4-9,12-13,15H,10-11H2,1-3H3/t13-,15+/m0/s1. The Morgan fingerprint density at radius 1 is 1.21 bits per heavy atom. The SMILES string of the molecule is CC(=O)c1cccc(O[C@H](C)C(=O)N2CCn3cccc3[C@@H]2C)c1. The van der Waals surface area contributed by atoms with Crippen molar-refractivity contribution in [3.05, 3.63) is 53.9 Å². The number of rotatable bonds is 4. The van der Waals surface area contributed by atoms with Gasteiger partial charge in [0.1, 0.15) is 5.75 Å². The lowest BCUT2D eigenvalue weighted by atomic mass is 10.1. The van der Waals surface area contributed by atoms with Gasteiger partial charge in [0.2, 0.25) is 0 Å². The summed E-state index contributed by atoms with van der Waals surface area (Å²) in [7, 11) is 0. The fourth-order valence-electron chi connectivity index (χ4n) is 3.16. The van der Waals surface area contributed by atoms with Gasteiger partial charge in [0.25, 0.3) is 5.91 Å². The zero-order valence-electron chi connectivity index (χ0n) is 14.2. The molecule has 0 bridgehead atoms. The van der Waals surface area contributed by atoms with Crippen molar-refractivity contribution >= 4 is 11.7 Å². The van der Waals surface area contributed by atoms with Crippen LogP contribution in [0.25, 0.3) is 0 Å². The molecule has 1 aromatic carbocycles. The first kappa shape index (κ1) is 16.3. The van der Waals surface area contributed by atoms with E-state index in [2.05, 4.69) is 4.57 Å². The minimum Gasteiger partial charge on any atom is -0.481 e. The summed E-state index contributed by atoms with van der Waals surface area (Å²) in [6.07, 6.45) is 1.44. The molecule has 0 saturated heterocycles. The van der Waals surface area contributed by atoms with E-state index in [0.717, 1.165) is 12.2 Å². The molecule has 1 aliphatic heterocycles. The number of ketones is 1. The fourth-order valence-corrected chi connectivity index (χ4v) is 3.16. The molecule has 0 spiro atoms. The van der Waals surface area contributed by atoms with Gasteiger partial charge >= 0.3 is 0 Å². The van der Waals surface area contributed by atoms with Crippen LogP contribution in [0, 0.1) is 0 Å². The molecule has 0 saturated carbocycles. The predicted octanol–water partition coefficient (Wildman–Crippen LogP) is 3.06. The van der Waals surface area contributed by atoms with Gasteiger partial charge in [0.15, 0.2) is 11.9 Å². The first-order valence-corrected chi connectivity index (χ1v) is 8.20. The molecular formula is C19H22N2O3. The molecule has 126 valence electrons. The number of carbonyl (C=O) groups excluding carboxylic acids is 2. The highest BCUT2D eigenvalue weighted by molar-refractivity contribution is 5.94. The number of fused-ring (bicyclic) bond motifs is 1. The van der Waals surface area contributed by atoms with Crippen molar-refractivity contribution in [2.75, 3.05) is 6.54 Å². The second-order valence-corrected chi connectivity index (χ2v) is 6.18. The third-order valence-electron chi connectivity index (χ3n) is 4.53. The molecule has 1 aromatic heterocycles. The van der Waals surface area contributed by atoms with Crippen molar-refractivity contribution in [1.29, 1.82) is 0 Å². The number of nitrogens with zero attached hydrogens (tertiary/aromatic N) is 2. The van der Waals surface area contributed by atoms with Crippen LogP contribution in [0.15, 0.2) is 42.6 Å². The lowest BCUT2D eigenvalue weighted by Gasteiger charge is -2.36. The van der Waals surface area contributed by atoms with Gasteiger partial charge in [-0.25, -0.2) is 0 Å². The monoisotopic (exact) mass is 326 g/mol. The first-order valence-electron chi connectivity index (χ1n) is 8.20. The first-order chi connectivity index (χ1) is 11.5. The molecule has 5 heteroatoms. The molecule has 5 nitrogen and oxygen atoms in total. The van der Waals surface area contributed by atoms with Gasteiger partial charge in [0.05, 0.1) is 6.04 Å². The molecule has 0 aliphatic carbocycles. The Kier molecular flexibility index (Phi) is 4.42. The molecule has 0 N–H and O–H groups in total. The predicted molar refractivity (Wildman–Crippen MR) is 91.1 cm³/mol. The Morgan fingerprint density at radius 3 is 2.75 bits per heavy atom. The maximum Gasteiger partial charge on any atom is 0.263 e. The van der Waals surface area contributed by atoms with Gasteiger partial charge in [-0.2, -0.15) is 0 Å². The number of aromatic nitrogens is 1. The number of hydrogen-bond acceptors (Lipinski definition) is 3. The van der Waals surface area contributed by atoms with Crippen LogP contribution < -0.4 is 4.74 Å². The minimum absolute atomic E-state index is 0.0233. The van der Waals surface area contributed by atoms with Crippen LogP contribution in [0.5, 0.6) is 5.75 Å². The average molecular weight is 326 g/mol. The fraction of sp³-hybridized carbons (Fsp3) is 0.368. The Morgan fingerprint density at radius 2 is 2.00 bits per heavy atom. The van der Waals surface area contributed by atoms with Crippen LogP contribution in [0.2, 0.25) is 0 Å². The summed E-state index contributed by atoms with van der Waals surface area (Å²) in [5.74, 6) is 0.476. The molecule has 0 fully saturated rings. The summed E-state index contributed by atoms with van der Waals surface area (Å²) < 4.78 is 7.96. The molecule has 2 aromatic rings. The van der Waals surface area contributed by atoms with Crippen molar-refractivity contribution in [1.82, 2.24) is 9.47 Å². The van der Waals surface area contributed by atoms with Crippen molar-refractivity contribution < 1.29 is 14.3 Å². The van der Waals surface area contributed by atoms with E-state index < -0.39 is 6.10 Å². The van der Waals surface area contributed by atoms with Crippen LogP contribution in [0.1, 0.15) is 42.9 Å². The maximum absolute atomic E-state index is 12.8. The van der Waals surface area contributed by atoms with E-state index in [1.807, 2.05) is 30.2 Å². The molecule has 24 heavy (non-hydrogen) atoms. The van der Waals surface area contributed by atoms with Crippen molar-refractivity contribution in [3.63, 3.8) is 0 Å². The van der Waals surface area contributed by atoms with Crippen LogP contribution in [-0.4, -0.2) is 33.8 Å². The molecule has 0 radical (unpaired) electrons.